The summed E-state index contributed by atoms with van der Waals surface area (Å²) in [4.78, 5) is 10.2. The molecule has 0 heterocycles. The predicted octanol–water partition coefficient (Wildman–Crippen LogP) is 7.50. The van der Waals surface area contributed by atoms with Gasteiger partial charge < -0.3 is 5.11 Å². The molecule has 0 aromatic rings. The van der Waals surface area contributed by atoms with Crippen molar-refractivity contribution in [3.63, 3.8) is 0 Å². The molecule has 23 heavy (non-hydrogen) atoms. The maximum absolute atomic E-state index is 10.2. The van der Waals surface area contributed by atoms with E-state index >= 15 is 0 Å². The van der Waals surface area contributed by atoms with Gasteiger partial charge in [-0.2, -0.15) is 0 Å². The van der Waals surface area contributed by atoms with Crippen molar-refractivity contribution < 1.29 is 27.0 Å². The van der Waals surface area contributed by atoms with E-state index in [2.05, 4.69) is 20.8 Å². The Labute approximate surface area is 153 Å². The minimum absolute atomic E-state index is 0.0146. The third-order valence-electron chi connectivity index (χ3n) is 4.20. The van der Waals surface area contributed by atoms with Gasteiger partial charge in [-0.1, -0.05) is 58.3 Å². The molecule has 0 spiro atoms. The van der Waals surface area contributed by atoms with Crippen LogP contribution in [0.15, 0.2) is 0 Å². The van der Waals surface area contributed by atoms with E-state index in [1.54, 1.807) is 10.0 Å². The van der Waals surface area contributed by atoms with Gasteiger partial charge in [-0.3, -0.25) is 4.79 Å². The summed E-state index contributed by atoms with van der Waals surface area (Å²) in [6.07, 6.45) is 17.3. The fourth-order valence-electron chi connectivity index (χ4n) is 2.62. The van der Waals surface area contributed by atoms with E-state index < -0.39 is 5.97 Å². The number of hydrogen-bond acceptors (Lipinski definition) is 1. The van der Waals surface area contributed by atoms with E-state index in [1.165, 1.54) is 70.6 Å². The molecule has 136 valence electrons. The van der Waals surface area contributed by atoms with Crippen LogP contribution in [0.5, 0.6) is 0 Å². The number of hydrogen-bond donors (Lipinski definition) is 1. The van der Waals surface area contributed by atoms with Crippen molar-refractivity contribution in [2.75, 3.05) is 0 Å². The van der Waals surface area contributed by atoms with E-state index in [4.69, 9.17) is 5.11 Å². The Hall–Kier alpha value is 0.0934. The Morgan fingerprint density at radius 2 is 1.04 bits per heavy atom. The molecule has 0 rings (SSSR count). The van der Waals surface area contributed by atoms with E-state index in [-0.39, 0.29) is 17.1 Å². The molecule has 0 aliphatic rings. The molecule has 0 aliphatic carbocycles. The van der Waals surface area contributed by atoms with E-state index in [9.17, 15) is 4.79 Å². The van der Waals surface area contributed by atoms with Gasteiger partial charge in [0.05, 0.1) is 0 Å². The molecule has 1 N–H and O–H groups in total. The quantitative estimate of drug-likeness (QED) is 0.222. The number of carbonyl (C=O) groups is 1. The third kappa shape index (κ3) is 30.5. The topological polar surface area (TPSA) is 37.3 Å². The van der Waals surface area contributed by atoms with Crippen LogP contribution in [0, 0.1) is 0 Å². The summed E-state index contributed by atoms with van der Waals surface area (Å²) in [5.74, 6) is -0.659. The summed E-state index contributed by atoms with van der Waals surface area (Å²) in [6, 6.07) is 0. The molecule has 0 atom stereocenters. The van der Waals surface area contributed by atoms with Crippen molar-refractivity contribution in [3.8, 4) is 0 Å². The van der Waals surface area contributed by atoms with E-state index in [1.807, 2.05) is 0 Å². The van der Waals surface area contributed by atoms with Crippen molar-refractivity contribution in [1.29, 1.82) is 0 Å². The normalized spacial score (nSPS) is 9.87. The van der Waals surface area contributed by atoms with Gasteiger partial charge in [-0.05, 0) is 6.42 Å². The second kappa shape index (κ2) is 24.3. The summed E-state index contributed by atoms with van der Waals surface area (Å²) in [5, 5.41) is 11.7. The monoisotopic (exact) mass is 378 g/mol. The van der Waals surface area contributed by atoms with Crippen LogP contribution in [0.25, 0.3) is 0 Å². The molecular formula is C20H42O2Zn. The number of rotatable bonds is 16. The third-order valence-corrected chi connectivity index (χ3v) is 8.40. The van der Waals surface area contributed by atoms with Crippen molar-refractivity contribution in [3.05, 3.63) is 0 Å². The molecule has 0 saturated heterocycles. The molecule has 2 nitrogen and oxygen atoms in total. The molecule has 0 fully saturated rings. The first-order valence-electron chi connectivity index (χ1n) is 10.4. The van der Waals surface area contributed by atoms with Crippen LogP contribution in [0.4, 0.5) is 0 Å². The summed E-state index contributed by atoms with van der Waals surface area (Å²) in [5.41, 5.74) is 0. The van der Waals surface area contributed by atoms with Crippen molar-refractivity contribution in [2.45, 2.75) is 121 Å². The SMILES string of the molecule is CCCCCCCCCCCC(=O)O.CCC[CH2][Zn][CH2]CCC. The zero-order valence-corrected chi connectivity index (χ0v) is 19.3. The van der Waals surface area contributed by atoms with E-state index in [0.29, 0.717) is 6.42 Å². The molecule has 0 saturated carbocycles. The summed E-state index contributed by atoms with van der Waals surface area (Å²) < 4.78 is 0. The molecule has 0 aromatic carbocycles. The van der Waals surface area contributed by atoms with Gasteiger partial charge in [-0.15, -0.1) is 0 Å². The zero-order chi connectivity index (χ0) is 17.6. The molecule has 0 amide bonds. The first-order valence-corrected chi connectivity index (χ1v) is 14.6. The van der Waals surface area contributed by atoms with Crippen LogP contribution < -0.4 is 0 Å². The molecule has 0 radical (unpaired) electrons. The van der Waals surface area contributed by atoms with Crippen molar-refractivity contribution >= 4 is 5.97 Å². The predicted molar refractivity (Wildman–Crippen MR) is 98.9 cm³/mol. The standard InChI is InChI=1S/C12H24O2.2C4H9.Zn/c1-2-3-4-5-6-7-8-9-10-11-12(13)14;2*1-3-4-2;/h2-11H2,1H3,(H,13,14);2*1,3-4H2,2H3;. The first kappa shape index (κ1) is 25.3. The van der Waals surface area contributed by atoms with Crippen LogP contribution in [0.1, 0.15) is 111 Å². The average Bonchev–Trinajstić information content (AvgIpc) is 2.54. The summed E-state index contributed by atoms with van der Waals surface area (Å²) in [7, 11) is 0. The second-order valence-electron chi connectivity index (χ2n) is 6.74. The van der Waals surface area contributed by atoms with Gasteiger partial charge in [0.2, 0.25) is 0 Å². The number of carboxylic acid groups (broad SMARTS) is 1. The minimum atomic E-state index is -0.659. The van der Waals surface area contributed by atoms with Crippen molar-refractivity contribution in [2.24, 2.45) is 0 Å². The fourth-order valence-corrected chi connectivity index (χ4v) is 6.94. The van der Waals surface area contributed by atoms with E-state index in [0.717, 1.165) is 12.8 Å². The van der Waals surface area contributed by atoms with Crippen LogP contribution in [0.2, 0.25) is 10.0 Å². The maximum atomic E-state index is 10.2. The van der Waals surface area contributed by atoms with Gasteiger partial charge in [0.25, 0.3) is 0 Å². The average molecular weight is 380 g/mol. The molecular weight excluding hydrogens is 338 g/mol. The zero-order valence-electron chi connectivity index (χ0n) is 16.4. The summed E-state index contributed by atoms with van der Waals surface area (Å²) in [6.45, 7) is 6.82. The Bertz CT molecular complexity index is 214. The Balaban J connectivity index is 0. The van der Waals surface area contributed by atoms with Gasteiger partial charge in [-0.25, -0.2) is 0 Å². The fraction of sp³-hybridized carbons (Fsp3) is 0.950. The molecule has 3 heteroatoms. The van der Waals surface area contributed by atoms with Crippen LogP contribution in [0.3, 0.4) is 0 Å². The van der Waals surface area contributed by atoms with Gasteiger partial charge in [0.1, 0.15) is 0 Å². The summed E-state index contributed by atoms with van der Waals surface area (Å²) >= 11 is 0.0146. The van der Waals surface area contributed by atoms with Gasteiger partial charge >= 0.3 is 72.7 Å². The second-order valence-corrected chi connectivity index (χ2v) is 11.2. The van der Waals surface area contributed by atoms with Gasteiger partial charge in [0.15, 0.2) is 0 Å². The van der Waals surface area contributed by atoms with Gasteiger partial charge in [0, 0.05) is 6.42 Å². The molecule has 0 bridgehead atoms. The van der Waals surface area contributed by atoms with Crippen LogP contribution >= 0.6 is 0 Å². The molecule has 0 unspecified atom stereocenters. The Morgan fingerprint density at radius 1 is 0.652 bits per heavy atom. The number of carboxylic acids is 1. The Morgan fingerprint density at radius 3 is 1.43 bits per heavy atom. The van der Waals surface area contributed by atoms with Crippen LogP contribution in [-0.2, 0) is 21.9 Å². The molecule has 0 aliphatic heterocycles. The number of aliphatic carboxylic acids is 1. The Kier molecular flexibility index (Phi) is 26.8. The number of unbranched alkanes of at least 4 members (excludes halogenated alkanes) is 10. The molecule has 0 aromatic heterocycles. The van der Waals surface area contributed by atoms with Crippen molar-refractivity contribution in [1.82, 2.24) is 0 Å². The van der Waals surface area contributed by atoms with Crippen LogP contribution in [-0.4, -0.2) is 11.1 Å². The first-order chi connectivity index (χ1) is 11.2.